The lowest BCUT2D eigenvalue weighted by Gasteiger charge is -2.30. The second-order valence-electron chi connectivity index (χ2n) is 9.01. The summed E-state index contributed by atoms with van der Waals surface area (Å²) in [5.74, 6) is 0.999. The highest BCUT2D eigenvalue weighted by Gasteiger charge is 3.15. The maximum atomic E-state index is 2.55. The Labute approximate surface area is 137 Å². The zero-order chi connectivity index (χ0) is 15.2. The van der Waals surface area contributed by atoms with Crippen molar-refractivity contribution in [3.05, 3.63) is 70.8 Å². The molecule has 1 saturated carbocycles. The Morgan fingerprint density at radius 2 is 1.43 bits per heavy atom. The molecular formula is C22H22N+. The van der Waals surface area contributed by atoms with Crippen LogP contribution in [-0.2, 0) is 16.6 Å². The van der Waals surface area contributed by atoms with Crippen molar-refractivity contribution in [3.8, 4) is 0 Å². The monoisotopic (exact) mass is 300 g/mol. The van der Waals surface area contributed by atoms with Crippen LogP contribution in [0.1, 0.15) is 55.4 Å². The first-order chi connectivity index (χ1) is 11.1. The zero-order valence-corrected chi connectivity index (χ0v) is 13.8. The summed E-state index contributed by atoms with van der Waals surface area (Å²) in [7, 11) is 0. The van der Waals surface area contributed by atoms with Crippen LogP contribution in [0.4, 0.5) is 0 Å². The summed E-state index contributed by atoms with van der Waals surface area (Å²) in [6.45, 7) is 5.11. The molecule has 4 heterocycles. The number of rotatable bonds is 2. The maximum absolute atomic E-state index is 2.55. The molecule has 0 bridgehead atoms. The summed E-state index contributed by atoms with van der Waals surface area (Å²) in [4.78, 5) is 0. The van der Waals surface area contributed by atoms with Gasteiger partial charge in [0.2, 0.25) is 6.04 Å². The van der Waals surface area contributed by atoms with Crippen LogP contribution in [0.15, 0.2) is 48.5 Å². The van der Waals surface area contributed by atoms with Crippen LogP contribution in [0, 0.1) is 5.92 Å². The van der Waals surface area contributed by atoms with Crippen LogP contribution in [-0.4, -0.2) is 10.5 Å². The Balaban J connectivity index is 1.60. The number of quaternary nitrogens is 1. The summed E-state index contributed by atoms with van der Waals surface area (Å²) < 4.78 is 1.35. The lowest BCUT2D eigenvalue weighted by atomic mass is 9.73. The van der Waals surface area contributed by atoms with E-state index in [4.69, 9.17) is 0 Å². The summed E-state index contributed by atoms with van der Waals surface area (Å²) in [5.41, 5.74) is 7.63. The molecule has 0 N–H and O–H groups in total. The molecule has 114 valence electrons. The lowest BCUT2D eigenvalue weighted by molar-refractivity contribution is -0.833. The van der Waals surface area contributed by atoms with E-state index in [9.17, 15) is 0 Å². The Morgan fingerprint density at radius 3 is 2.09 bits per heavy atom. The van der Waals surface area contributed by atoms with Gasteiger partial charge in [0.25, 0.3) is 0 Å². The van der Waals surface area contributed by atoms with Crippen LogP contribution in [0.3, 0.4) is 0 Å². The van der Waals surface area contributed by atoms with E-state index >= 15 is 0 Å². The molecular weight excluding hydrogens is 278 g/mol. The molecule has 1 spiro atoms. The third kappa shape index (κ3) is 0.792. The zero-order valence-electron chi connectivity index (χ0n) is 13.8. The van der Waals surface area contributed by atoms with Crippen LogP contribution < -0.4 is 0 Å². The summed E-state index contributed by atoms with van der Waals surface area (Å²) >= 11 is 0. The van der Waals surface area contributed by atoms with Crippen molar-refractivity contribution >= 4 is 0 Å². The molecule has 1 aliphatic carbocycles. The summed E-state index contributed by atoms with van der Waals surface area (Å²) in [6, 6.07) is 19.6. The first-order valence-corrected chi connectivity index (χ1v) is 9.24. The third-order valence-corrected chi connectivity index (χ3v) is 8.52. The molecule has 2 aromatic carbocycles. The molecule has 3 unspecified atom stereocenters. The second kappa shape index (κ2) is 2.91. The average molecular weight is 300 g/mol. The minimum absolute atomic E-state index is 0.196. The normalized spacial score (nSPS) is 49.2. The van der Waals surface area contributed by atoms with Gasteiger partial charge in [-0.2, -0.15) is 0 Å². The smallest absolute Gasteiger partial charge is 0.211 e. The highest BCUT2D eigenvalue weighted by molar-refractivity contribution is 5.66. The van der Waals surface area contributed by atoms with Gasteiger partial charge in [-0.05, 0) is 25.7 Å². The molecule has 7 rings (SSSR count). The van der Waals surface area contributed by atoms with E-state index in [0.717, 1.165) is 12.0 Å². The summed E-state index contributed by atoms with van der Waals surface area (Å²) in [6.07, 6.45) is 4.38. The Morgan fingerprint density at radius 1 is 0.870 bits per heavy atom. The van der Waals surface area contributed by atoms with Crippen molar-refractivity contribution in [2.75, 3.05) is 0 Å². The van der Waals surface area contributed by atoms with E-state index in [1.165, 1.54) is 23.7 Å². The minimum atomic E-state index is 0.196. The number of hydrogen-bond acceptors (Lipinski definition) is 0. The van der Waals surface area contributed by atoms with Crippen molar-refractivity contribution in [2.24, 2.45) is 5.92 Å². The van der Waals surface area contributed by atoms with Crippen LogP contribution in [0.2, 0.25) is 0 Å². The van der Waals surface area contributed by atoms with E-state index in [-0.39, 0.29) is 5.54 Å². The molecule has 1 nitrogen and oxygen atoms in total. The van der Waals surface area contributed by atoms with Gasteiger partial charge in [-0.1, -0.05) is 48.5 Å². The third-order valence-electron chi connectivity index (χ3n) is 8.52. The number of benzene rings is 2. The van der Waals surface area contributed by atoms with Crippen molar-refractivity contribution in [2.45, 2.75) is 55.8 Å². The van der Waals surface area contributed by atoms with Gasteiger partial charge in [-0.15, -0.1) is 0 Å². The van der Waals surface area contributed by atoms with Crippen LogP contribution >= 0.6 is 0 Å². The number of hydrogen-bond donors (Lipinski definition) is 0. The molecule has 3 fully saturated rings. The Hall–Kier alpha value is -1.60. The molecule has 2 aromatic rings. The fourth-order valence-corrected chi connectivity index (χ4v) is 7.91. The highest BCUT2D eigenvalue weighted by atomic mass is 15.8. The quantitative estimate of drug-likeness (QED) is 0.569. The molecule has 4 aliphatic heterocycles. The minimum Gasteiger partial charge on any atom is -0.270 e. The van der Waals surface area contributed by atoms with Gasteiger partial charge in [-0.3, -0.25) is 4.48 Å². The van der Waals surface area contributed by atoms with E-state index in [1.54, 1.807) is 22.3 Å². The van der Waals surface area contributed by atoms with E-state index in [2.05, 4.69) is 62.4 Å². The molecule has 1 heteroatoms. The largest absolute Gasteiger partial charge is 0.270 e. The average Bonchev–Trinajstić information content (AvgIpc) is 3.50. The second-order valence-corrected chi connectivity index (χ2v) is 9.01. The van der Waals surface area contributed by atoms with Gasteiger partial charge in [0.1, 0.15) is 0 Å². The van der Waals surface area contributed by atoms with Gasteiger partial charge in [0, 0.05) is 35.6 Å². The Kier molecular flexibility index (Phi) is 1.50. The first-order valence-electron chi connectivity index (χ1n) is 9.24. The molecule has 0 amide bonds. The maximum Gasteiger partial charge on any atom is 0.211 e. The molecule has 0 aromatic heterocycles. The SMILES string of the molecule is CC12c3ccccc3[C@@]3(C)C4[C@@](CC5CC5)(c5ccccc51)[N+]423. The summed E-state index contributed by atoms with van der Waals surface area (Å²) in [5, 5.41) is 0. The van der Waals surface area contributed by atoms with Gasteiger partial charge < -0.3 is 0 Å². The molecule has 5 atom stereocenters. The van der Waals surface area contributed by atoms with Crippen molar-refractivity contribution < 1.29 is 4.48 Å². The fourth-order valence-electron chi connectivity index (χ4n) is 7.91. The topological polar surface area (TPSA) is 0 Å². The fraction of sp³-hybridized carbons (Fsp3) is 0.455. The predicted octanol–water partition coefficient (Wildman–Crippen LogP) is 4.40. The van der Waals surface area contributed by atoms with Crippen molar-refractivity contribution in [1.29, 1.82) is 0 Å². The van der Waals surface area contributed by atoms with Gasteiger partial charge >= 0.3 is 0 Å². The molecule has 0 radical (unpaired) electrons. The Bertz CT molecular complexity index is 927. The number of fused-ring (bicyclic) bond motifs is 8. The van der Waals surface area contributed by atoms with Crippen LogP contribution in [0.25, 0.3) is 0 Å². The standard InChI is InChI=1S/C22H22N/c1-20-15-7-3-4-8-16(15)21(2)19-22(23(19,20)21,13-14-11-12-14)18-10-6-5-9-17(18)20/h3-10,14,19H,11-13H2,1-2H3/q+1/t19?,20?,21-,22+,23?/m0/s1. The van der Waals surface area contributed by atoms with E-state index in [0.29, 0.717) is 11.1 Å². The molecule has 23 heavy (non-hydrogen) atoms. The van der Waals surface area contributed by atoms with Crippen molar-refractivity contribution in [1.82, 2.24) is 0 Å². The van der Waals surface area contributed by atoms with Crippen molar-refractivity contribution in [3.63, 3.8) is 0 Å². The lowest BCUT2D eigenvalue weighted by Crippen LogP contribution is -2.44. The first kappa shape index (κ1) is 11.9. The highest BCUT2D eigenvalue weighted by Crippen LogP contribution is 2.98. The van der Waals surface area contributed by atoms with Gasteiger partial charge in [0.05, 0.1) is 0 Å². The van der Waals surface area contributed by atoms with Gasteiger partial charge in [-0.25, -0.2) is 0 Å². The van der Waals surface area contributed by atoms with E-state index in [1.807, 2.05) is 0 Å². The molecule has 2 saturated heterocycles. The molecule has 5 aliphatic rings. The predicted molar refractivity (Wildman–Crippen MR) is 89.8 cm³/mol. The van der Waals surface area contributed by atoms with Crippen LogP contribution in [0.5, 0.6) is 0 Å². The van der Waals surface area contributed by atoms with Gasteiger partial charge in [0.15, 0.2) is 16.6 Å². The number of nitrogens with zero attached hydrogens (tertiary/aromatic N) is 1. The van der Waals surface area contributed by atoms with E-state index < -0.39 is 0 Å².